The van der Waals surface area contributed by atoms with E-state index < -0.39 is 5.97 Å². The van der Waals surface area contributed by atoms with Gasteiger partial charge >= 0.3 is 5.97 Å². The van der Waals surface area contributed by atoms with E-state index in [-0.39, 0.29) is 18.1 Å². The van der Waals surface area contributed by atoms with Crippen molar-refractivity contribution in [3.05, 3.63) is 52.3 Å². The molecule has 0 N–H and O–H groups in total. The molecule has 8 heteroatoms. The van der Waals surface area contributed by atoms with E-state index in [2.05, 4.69) is 9.84 Å². The molecule has 122 valence electrons. The first-order valence-electron chi connectivity index (χ1n) is 6.49. The highest BCUT2D eigenvalue weighted by Gasteiger charge is 2.15. The van der Waals surface area contributed by atoms with Crippen molar-refractivity contribution in [2.75, 3.05) is 20.8 Å². The molecule has 23 heavy (non-hydrogen) atoms. The Labute approximate surface area is 143 Å². The third-order valence-corrected chi connectivity index (χ3v) is 3.28. The number of aromatic nitrogens is 2. The lowest BCUT2D eigenvalue weighted by atomic mass is 10.3. The molecule has 1 aromatic carbocycles. The van der Waals surface area contributed by atoms with Crippen molar-refractivity contribution in [1.82, 2.24) is 9.78 Å². The number of benzene rings is 1. The Balaban J connectivity index is 2.15. The molecule has 2 rings (SSSR count). The Hall–Kier alpha value is -2.18. The van der Waals surface area contributed by atoms with Gasteiger partial charge in [-0.2, -0.15) is 0 Å². The maximum absolute atomic E-state index is 11.5. The summed E-state index contributed by atoms with van der Waals surface area (Å²) in [6, 6.07) is 7.11. The predicted octanol–water partition coefficient (Wildman–Crippen LogP) is 3.26. The Morgan fingerprint density at radius 2 is 2.13 bits per heavy atom. The number of halogens is 2. The molecule has 0 amide bonds. The van der Waals surface area contributed by atoms with Crippen LogP contribution in [0.15, 0.2) is 42.3 Å². The molecule has 0 saturated heterocycles. The van der Waals surface area contributed by atoms with Crippen LogP contribution in [0.3, 0.4) is 0 Å². The van der Waals surface area contributed by atoms with Crippen LogP contribution >= 0.6 is 23.2 Å². The zero-order valence-electron chi connectivity index (χ0n) is 12.5. The van der Waals surface area contributed by atoms with Gasteiger partial charge in [0.1, 0.15) is 17.2 Å². The van der Waals surface area contributed by atoms with Gasteiger partial charge in [0.25, 0.3) is 5.88 Å². The lowest BCUT2D eigenvalue weighted by Gasteiger charge is -2.06. The molecule has 0 bridgehead atoms. The van der Waals surface area contributed by atoms with E-state index in [0.29, 0.717) is 10.0 Å². The van der Waals surface area contributed by atoms with Gasteiger partial charge in [0.05, 0.1) is 32.4 Å². The number of nitrogens with zero attached hydrogens (tertiary/aromatic N) is 2. The topological polar surface area (TPSA) is 62.6 Å². The molecule has 0 radical (unpaired) electrons. The van der Waals surface area contributed by atoms with Crippen LogP contribution in [0, 0.1) is 0 Å². The largest absolute Gasteiger partial charge is 0.504 e. The van der Waals surface area contributed by atoms with Gasteiger partial charge < -0.3 is 14.2 Å². The molecular formula is C15H14Cl2N2O4. The van der Waals surface area contributed by atoms with Crippen molar-refractivity contribution in [2.45, 2.75) is 0 Å². The molecular weight excluding hydrogens is 343 g/mol. The summed E-state index contributed by atoms with van der Waals surface area (Å²) in [6.07, 6.45) is 2.83. The second-order valence-corrected chi connectivity index (χ2v) is 5.21. The fourth-order valence-electron chi connectivity index (χ4n) is 1.75. The van der Waals surface area contributed by atoms with Gasteiger partial charge in [-0.3, -0.25) is 0 Å². The average Bonchev–Trinajstić information content (AvgIpc) is 2.92. The molecule has 0 fully saturated rings. The minimum atomic E-state index is -0.558. The van der Waals surface area contributed by atoms with Gasteiger partial charge in [0.15, 0.2) is 0 Å². The number of carbonyl (C=O) groups is 1. The van der Waals surface area contributed by atoms with Crippen LogP contribution in [0.1, 0.15) is 0 Å². The third kappa shape index (κ3) is 4.40. The minimum Gasteiger partial charge on any atom is -0.504 e. The molecule has 6 nitrogen and oxygen atoms in total. The lowest BCUT2D eigenvalue weighted by Crippen LogP contribution is -2.13. The number of ether oxygens (including phenoxy) is 3. The summed E-state index contributed by atoms with van der Waals surface area (Å²) >= 11 is 12.1. The quantitative estimate of drug-likeness (QED) is 0.451. The molecule has 2 aromatic rings. The highest BCUT2D eigenvalue weighted by molar-refractivity contribution is 6.32. The van der Waals surface area contributed by atoms with Crippen LogP contribution in [-0.2, 0) is 14.3 Å². The maximum Gasteiger partial charge on any atom is 0.340 e. The second-order valence-electron chi connectivity index (χ2n) is 4.37. The Bertz CT molecular complexity index is 728. The van der Waals surface area contributed by atoms with Crippen LogP contribution in [-0.4, -0.2) is 36.6 Å². The molecule has 0 aliphatic carbocycles. The SMILES string of the molecule is COC=C(COc1nn(-c2cccc(Cl)c2)cc1Cl)C(=O)OC. The molecule has 1 aromatic heterocycles. The van der Waals surface area contributed by atoms with Gasteiger partial charge in [0.2, 0.25) is 0 Å². The summed E-state index contributed by atoms with van der Waals surface area (Å²) in [4.78, 5) is 11.5. The van der Waals surface area contributed by atoms with E-state index in [1.54, 1.807) is 24.4 Å². The molecule has 0 aliphatic rings. The summed E-state index contributed by atoms with van der Waals surface area (Å²) in [5.74, 6) is -0.380. The van der Waals surface area contributed by atoms with Crippen molar-refractivity contribution in [3.63, 3.8) is 0 Å². The van der Waals surface area contributed by atoms with Crippen molar-refractivity contribution in [3.8, 4) is 11.6 Å². The third-order valence-electron chi connectivity index (χ3n) is 2.78. The maximum atomic E-state index is 11.5. The summed E-state index contributed by atoms with van der Waals surface area (Å²) in [5.41, 5.74) is 0.929. The molecule has 0 atom stereocenters. The van der Waals surface area contributed by atoms with Crippen LogP contribution in [0.4, 0.5) is 0 Å². The van der Waals surface area contributed by atoms with Crippen molar-refractivity contribution in [1.29, 1.82) is 0 Å². The van der Waals surface area contributed by atoms with E-state index in [4.69, 9.17) is 32.7 Å². The van der Waals surface area contributed by atoms with E-state index in [1.807, 2.05) is 6.07 Å². The van der Waals surface area contributed by atoms with Gasteiger partial charge in [-0.15, -0.1) is 5.10 Å². The van der Waals surface area contributed by atoms with Crippen LogP contribution < -0.4 is 4.74 Å². The van der Waals surface area contributed by atoms with Crippen molar-refractivity contribution >= 4 is 29.2 Å². The summed E-state index contributed by atoms with van der Waals surface area (Å²) in [5, 5.41) is 5.10. The Morgan fingerprint density at radius 3 is 2.78 bits per heavy atom. The first kappa shape index (κ1) is 17.2. The Kier molecular flexibility index (Phi) is 5.90. The Morgan fingerprint density at radius 1 is 1.35 bits per heavy atom. The van der Waals surface area contributed by atoms with Gasteiger partial charge in [-0.25, -0.2) is 9.48 Å². The van der Waals surface area contributed by atoms with Gasteiger partial charge in [0, 0.05) is 5.02 Å². The van der Waals surface area contributed by atoms with Crippen LogP contribution in [0.2, 0.25) is 10.0 Å². The highest BCUT2D eigenvalue weighted by Crippen LogP contribution is 2.25. The van der Waals surface area contributed by atoms with Gasteiger partial charge in [-0.05, 0) is 18.2 Å². The fourth-order valence-corrected chi connectivity index (χ4v) is 2.12. The lowest BCUT2D eigenvalue weighted by molar-refractivity contribution is -0.136. The summed E-state index contributed by atoms with van der Waals surface area (Å²) in [6.45, 7) is -0.0905. The number of hydrogen-bond acceptors (Lipinski definition) is 5. The van der Waals surface area contributed by atoms with Crippen molar-refractivity contribution in [2.24, 2.45) is 0 Å². The normalized spacial score (nSPS) is 11.2. The summed E-state index contributed by atoms with van der Waals surface area (Å²) in [7, 11) is 2.69. The number of rotatable bonds is 6. The molecule has 0 spiro atoms. The summed E-state index contributed by atoms with van der Waals surface area (Å²) < 4.78 is 16.4. The zero-order valence-corrected chi connectivity index (χ0v) is 14.0. The first-order chi connectivity index (χ1) is 11.0. The monoisotopic (exact) mass is 356 g/mol. The van der Waals surface area contributed by atoms with E-state index in [9.17, 15) is 4.79 Å². The fraction of sp³-hybridized carbons (Fsp3) is 0.200. The van der Waals surface area contributed by atoms with Crippen LogP contribution in [0.5, 0.6) is 5.88 Å². The molecule has 0 unspecified atom stereocenters. The standard InChI is InChI=1S/C15H14Cl2N2O4/c1-21-8-10(15(20)22-2)9-23-14-13(17)7-19(18-14)12-5-3-4-11(16)6-12/h3-8H,9H2,1-2H3. The minimum absolute atomic E-state index is 0.0905. The first-order valence-corrected chi connectivity index (χ1v) is 7.24. The van der Waals surface area contributed by atoms with E-state index in [0.717, 1.165) is 5.69 Å². The average molecular weight is 357 g/mol. The van der Waals surface area contributed by atoms with Gasteiger partial charge in [-0.1, -0.05) is 29.3 Å². The number of esters is 1. The van der Waals surface area contributed by atoms with E-state index >= 15 is 0 Å². The number of methoxy groups -OCH3 is 2. The highest BCUT2D eigenvalue weighted by atomic mass is 35.5. The molecule has 0 aliphatic heterocycles. The zero-order chi connectivity index (χ0) is 16.8. The molecule has 1 heterocycles. The second kappa shape index (κ2) is 7.89. The van der Waals surface area contributed by atoms with Crippen LogP contribution in [0.25, 0.3) is 5.69 Å². The molecule has 0 saturated carbocycles. The van der Waals surface area contributed by atoms with E-state index in [1.165, 1.54) is 25.2 Å². The smallest absolute Gasteiger partial charge is 0.340 e. The number of carbonyl (C=O) groups excluding carboxylic acids is 1. The van der Waals surface area contributed by atoms with Crippen molar-refractivity contribution < 1.29 is 19.0 Å². The predicted molar refractivity (Wildman–Crippen MR) is 86.2 cm³/mol. The number of hydrogen-bond donors (Lipinski definition) is 0.